The molecule has 0 aliphatic heterocycles. The van der Waals surface area contributed by atoms with E-state index >= 15 is 0 Å². The van der Waals surface area contributed by atoms with E-state index in [-0.39, 0.29) is 5.56 Å². The van der Waals surface area contributed by atoms with E-state index in [2.05, 4.69) is 16.9 Å². The predicted molar refractivity (Wildman–Crippen MR) is 82.8 cm³/mol. The van der Waals surface area contributed by atoms with Crippen LogP contribution in [-0.4, -0.2) is 35.8 Å². The van der Waals surface area contributed by atoms with Gasteiger partial charge in [-0.3, -0.25) is 0 Å². The molecule has 2 aromatic rings. The SMILES string of the molecule is C=CCCOCCNc1ncc(C(=O)O)c2ccccc12. The lowest BCUT2D eigenvalue weighted by Crippen LogP contribution is -2.11. The van der Waals surface area contributed by atoms with Gasteiger partial charge in [0, 0.05) is 23.5 Å². The highest BCUT2D eigenvalue weighted by Crippen LogP contribution is 2.24. The molecule has 2 rings (SSSR count). The summed E-state index contributed by atoms with van der Waals surface area (Å²) in [5, 5.41) is 13.8. The molecular weight excluding hydrogens is 268 g/mol. The van der Waals surface area contributed by atoms with Crippen molar-refractivity contribution in [3.8, 4) is 0 Å². The van der Waals surface area contributed by atoms with Gasteiger partial charge in [0.25, 0.3) is 0 Å². The van der Waals surface area contributed by atoms with E-state index in [1.807, 2.05) is 24.3 Å². The van der Waals surface area contributed by atoms with Crippen molar-refractivity contribution in [2.24, 2.45) is 0 Å². The molecule has 0 radical (unpaired) electrons. The number of aromatic nitrogens is 1. The highest BCUT2D eigenvalue weighted by molar-refractivity contribution is 6.06. The molecule has 1 aromatic heterocycles. The summed E-state index contributed by atoms with van der Waals surface area (Å²) >= 11 is 0. The quantitative estimate of drug-likeness (QED) is 0.576. The molecule has 0 bridgehead atoms. The molecular formula is C16H18N2O3. The molecule has 0 saturated carbocycles. The van der Waals surface area contributed by atoms with Crippen LogP contribution in [0.2, 0.25) is 0 Å². The van der Waals surface area contributed by atoms with E-state index < -0.39 is 5.97 Å². The highest BCUT2D eigenvalue weighted by Gasteiger charge is 2.11. The van der Waals surface area contributed by atoms with Crippen molar-refractivity contribution in [2.45, 2.75) is 6.42 Å². The molecule has 1 aromatic carbocycles. The molecule has 0 amide bonds. The predicted octanol–water partition coefficient (Wildman–Crippen LogP) is 2.94. The first-order valence-corrected chi connectivity index (χ1v) is 6.77. The van der Waals surface area contributed by atoms with Crippen LogP contribution in [0.1, 0.15) is 16.8 Å². The smallest absolute Gasteiger partial charge is 0.337 e. The van der Waals surface area contributed by atoms with Crippen LogP contribution in [0.15, 0.2) is 43.1 Å². The van der Waals surface area contributed by atoms with Gasteiger partial charge in [0.15, 0.2) is 0 Å². The number of aromatic carboxylic acids is 1. The Kier molecular flexibility index (Phi) is 5.29. The van der Waals surface area contributed by atoms with Crippen LogP contribution in [-0.2, 0) is 4.74 Å². The molecule has 0 aliphatic rings. The second kappa shape index (κ2) is 7.40. The monoisotopic (exact) mass is 286 g/mol. The van der Waals surface area contributed by atoms with Crippen molar-refractivity contribution in [3.63, 3.8) is 0 Å². The number of anilines is 1. The third kappa shape index (κ3) is 3.79. The lowest BCUT2D eigenvalue weighted by Gasteiger charge is -2.10. The van der Waals surface area contributed by atoms with Crippen molar-refractivity contribution in [1.29, 1.82) is 0 Å². The molecule has 0 unspecified atom stereocenters. The van der Waals surface area contributed by atoms with Gasteiger partial charge in [-0.05, 0) is 6.42 Å². The largest absolute Gasteiger partial charge is 0.478 e. The van der Waals surface area contributed by atoms with E-state index in [1.54, 1.807) is 6.07 Å². The van der Waals surface area contributed by atoms with E-state index in [9.17, 15) is 9.90 Å². The van der Waals surface area contributed by atoms with Gasteiger partial charge in [-0.1, -0.05) is 30.3 Å². The molecule has 1 heterocycles. The van der Waals surface area contributed by atoms with Gasteiger partial charge in [0.05, 0.1) is 18.8 Å². The maximum absolute atomic E-state index is 11.2. The summed E-state index contributed by atoms with van der Waals surface area (Å²) in [6.07, 6.45) is 4.02. The zero-order valence-electron chi connectivity index (χ0n) is 11.7. The number of carboxylic acids is 1. The molecule has 0 saturated heterocycles. The van der Waals surface area contributed by atoms with E-state index in [4.69, 9.17) is 4.74 Å². The average molecular weight is 286 g/mol. The zero-order chi connectivity index (χ0) is 15.1. The standard InChI is InChI=1S/C16H18N2O3/c1-2-3-9-21-10-8-17-15-13-7-5-4-6-12(13)14(11-18-15)16(19)20/h2,4-7,11H,1,3,8-10H2,(H,17,18)(H,19,20). The summed E-state index contributed by atoms with van der Waals surface area (Å²) in [7, 11) is 0. The number of nitrogens with one attached hydrogen (secondary N) is 1. The van der Waals surface area contributed by atoms with Crippen LogP contribution in [0.3, 0.4) is 0 Å². The number of nitrogens with zero attached hydrogens (tertiary/aromatic N) is 1. The summed E-state index contributed by atoms with van der Waals surface area (Å²) in [6.45, 7) is 5.45. The number of carbonyl (C=O) groups is 1. The highest BCUT2D eigenvalue weighted by atomic mass is 16.5. The summed E-state index contributed by atoms with van der Waals surface area (Å²) in [5.41, 5.74) is 0.207. The van der Waals surface area contributed by atoms with Gasteiger partial charge in [-0.2, -0.15) is 0 Å². The van der Waals surface area contributed by atoms with Crippen LogP contribution in [0.4, 0.5) is 5.82 Å². The maximum atomic E-state index is 11.2. The zero-order valence-corrected chi connectivity index (χ0v) is 11.7. The first-order chi connectivity index (χ1) is 10.2. The molecule has 21 heavy (non-hydrogen) atoms. The van der Waals surface area contributed by atoms with E-state index in [0.717, 1.165) is 11.8 Å². The molecule has 110 valence electrons. The van der Waals surface area contributed by atoms with E-state index in [1.165, 1.54) is 6.20 Å². The minimum absolute atomic E-state index is 0.207. The molecule has 2 N–H and O–H groups in total. The average Bonchev–Trinajstić information content (AvgIpc) is 2.50. The van der Waals surface area contributed by atoms with Crippen LogP contribution in [0, 0.1) is 0 Å². The van der Waals surface area contributed by atoms with Crippen LogP contribution in [0.25, 0.3) is 10.8 Å². The third-order valence-corrected chi connectivity index (χ3v) is 3.03. The number of benzene rings is 1. The van der Waals surface area contributed by atoms with Gasteiger partial charge in [0.2, 0.25) is 0 Å². The Balaban J connectivity index is 2.09. The Labute approximate surface area is 123 Å². The number of rotatable bonds is 8. The van der Waals surface area contributed by atoms with E-state index in [0.29, 0.717) is 31.0 Å². The minimum Gasteiger partial charge on any atom is -0.478 e. The number of ether oxygens (including phenoxy) is 1. The van der Waals surface area contributed by atoms with Gasteiger partial charge in [-0.15, -0.1) is 6.58 Å². The Bertz CT molecular complexity index is 640. The summed E-state index contributed by atoms with van der Waals surface area (Å²) in [5.74, 6) is -0.305. The van der Waals surface area contributed by atoms with Gasteiger partial charge < -0.3 is 15.2 Å². The minimum atomic E-state index is -0.974. The van der Waals surface area contributed by atoms with Crippen molar-refractivity contribution >= 4 is 22.6 Å². The van der Waals surface area contributed by atoms with Crippen molar-refractivity contribution in [3.05, 3.63) is 48.7 Å². The fourth-order valence-electron chi connectivity index (χ4n) is 2.01. The van der Waals surface area contributed by atoms with Crippen molar-refractivity contribution < 1.29 is 14.6 Å². The first-order valence-electron chi connectivity index (χ1n) is 6.77. The summed E-state index contributed by atoms with van der Waals surface area (Å²) < 4.78 is 5.41. The Hall–Kier alpha value is -2.40. The lowest BCUT2D eigenvalue weighted by molar-refractivity contribution is 0.0698. The lowest BCUT2D eigenvalue weighted by atomic mass is 10.1. The number of fused-ring (bicyclic) bond motifs is 1. The van der Waals surface area contributed by atoms with Gasteiger partial charge in [0.1, 0.15) is 5.82 Å². The van der Waals surface area contributed by atoms with Crippen molar-refractivity contribution in [2.75, 3.05) is 25.1 Å². The molecule has 0 fully saturated rings. The van der Waals surface area contributed by atoms with Gasteiger partial charge in [-0.25, -0.2) is 9.78 Å². The fourth-order valence-corrected chi connectivity index (χ4v) is 2.01. The second-order valence-electron chi connectivity index (χ2n) is 4.49. The van der Waals surface area contributed by atoms with Crippen LogP contribution < -0.4 is 5.32 Å². The fraction of sp³-hybridized carbons (Fsp3) is 0.250. The van der Waals surface area contributed by atoms with Crippen LogP contribution in [0.5, 0.6) is 0 Å². The summed E-state index contributed by atoms with van der Waals surface area (Å²) in [4.78, 5) is 15.4. The Morgan fingerprint density at radius 3 is 2.81 bits per heavy atom. The first kappa shape index (κ1) is 15.0. The normalized spacial score (nSPS) is 10.5. The topological polar surface area (TPSA) is 71.5 Å². The maximum Gasteiger partial charge on any atom is 0.337 e. The number of carboxylic acid groups (broad SMARTS) is 1. The number of hydrogen-bond donors (Lipinski definition) is 2. The molecule has 5 nitrogen and oxygen atoms in total. The number of pyridine rings is 1. The molecule has 0 aliphatic carbocycles. The number of hydrogen-bond acceptors (Lipinski definition) is 4. The Morgan fingerprint density at radius 2 is 2.10 bits per heavy atom. The van der Waals surface area contributed by atoms with Gasteiger partial charge >= 0.3 is 5.97 Å². The van der Waals surface area contributed by atoms with Crippen LogP contribution >= 0.6 is 0 Å². The molecule has 5 heteroatoms. The second-order valence-corrected chi connectivity index (χ2v) is 4.49. The van der Waals surface area contributed by atoms with Crippen molar-refractivity contribution in [1.82, 2.24) is 4.98 Å². The molecule has 0 spiro atoms. The third-order valence-electron chi connectivity index (χ3n) is 3.03. The summed E-state index contributed by atoms with van der Waals surface area (Å²) in [6, 6.07) is 7.32. The Morgan fingerprint density at radius 1 is 1.33 bits per heavy atom. The molecule has 0 atom stereocenters.